The van der Waals surface area contributed by atoms with Gasteiger partial charge in [-0.25, -0.2) is 8.78 Å². The van der Waals surface area contributed by atoms with E-state index < -0.39 is 22.9 Å². The zero-order valence-corrected chi connectivity index (χ0v) is 11.1. The lowest BCUT2D eigenvalue weighted by molar-refractivity contribution is -0.137. The lowest BCUT2D eigenvalue weighted by Crippen LogP contribution is -2.26. The standard InChI is InChI=1S/C13H16F2O2S/c1-9(2)11(12(16)17)18-8-13(14,15)10-6-4-3-5-7-10/h3-7,9,11H,8H2,1-2H3,(H,16,17). The summed E-state index contributed by atoms with van der Waals surface area (Å²) in [4.78, 5) is 10.9. The molecule has 0 saturated carbocycles. The highest BCUT2D eigenvalue weighted by molar-refractivity contribution is 8.00. The average Bonchev–Trinajstić information content (AvgIpc) is 2.29. The predicted octanol–water partition coefficient (Wildman–Crippen LogP) is 3.62. The van der Waals surface area contributed by atoms with E-state index in [0.29, 0.717) is 0 Å². The first-order valence-corrected chi connectivity index (χ1v) is 6.67. The molecule has 0 saturated heterocycles. The summed E-state index contributed by atoms with van der Waals surface area (Å²) in [5.74, 6) is -4.75. The van der Waals surface area contributed by atoms with Crippen LogP contribution in [0.1, 0.15) is 19.4 Å². The molecule has 0 amide bonds. The van der Waals surface area contributed by atoms with Crippen molar-refractivity contribution in [3.05, 3.63) is 35.9 Å². The van der Waals surface area contributed by atoms with Crippen LogP contribution in [0, 0.1) is 5.92 Å². The van der Waals surface area contributed by atoms with E-state index in [0.717, 1.165) is 11.8 Å². The predicted molar refractivity (Wildman–Crippen MR) is 69.1 cm³/mol. The quantitative estimate of drug-likeness (QED) is 0.861. The van der Waals surface area contributed by atoms with Crippen LogP contribution >= 0.6 is 11.8 Å². The summed E-state index contributed by atoms with van der Waals surface area (Å²) in [6.45, 7) is 3.43. The van der Waals surface area contributed by atoms with Crippen LogP contribution in [0.3, 0.4) is 0 Å². The summed E-state index contributed by atoms with van der Waals surface area (Å²) < 4.78 is 27.7. The number of benzene rings is 1. The molecule has 0 heterocycles. The van der Waals surface area contributed by atoms with Crippen LogP contribution in [-0.2, 0) is 10.7 Å². The molecule has 1 aromatic rings. The van der Waals surface area contributed by atoms with Gasteiger partial charge in [0.05, 0.1) is 5.75 Å². The number of aliphatic carboxylic acids is 1. The van der Waals surface area contributed by atoms with Crippen molar-refractivity contribution in [3.8, 4) is 0 Å². The molecule has 0 radical (unpaired) electrons. The average molecular weight is 274 g/mol. The Kier molecular flexibility index (Phi) is 5.14. The Morgan fingerprint density at radius 1 is 1.33 bits per heavy atom. The Morgan fingerprint density at radius 3 is 2.33 bits per heavy atom. The summed E-state index contributed by atoms with van der Waals surface area (Å²) in [5.41, 5.74) is -0.0783. The molecule has 1 aromatic carbocycles. The first kappa shape index (κ1) is 15.0. The van der Waals surface area contributed by atoms with Crippen LogP contribution in [-0.4, -0.2) is 22.1 Å². The van der Waals surface area contributed by atoms with E-state index in [1.54, 1.807) is 32.0 Å². The molecule has 0 aliphatic carbocycles. The van der Waals surface area contributed by atoms with Gasteiger partial charge in [-0.05, 0) is 5.92 Å². The number of halogens is 2. The van der Waals surface area contributed by atoms with Crippen LogP contribution in [0.25, 0.3) is 0 Å². The number of carboxylic acid groups (broad SMARTS) is 1. The molecular weight excluding hydrogens is 258 g/mol. The van der Waals surface area contributed by atoms with Crippen LogP contribution in [0.5, 0.6) is 0 Å². The normalized spacial score (nSPS) is 13.6. The highest BCUT2D eigenvalue weighted by Crippen LogP contribution is 2.34. The monoisotopic (exact) mass is 274 g/mol. The zero-order chi connectivity index (χ0) is 13.8. The second-order valence-corrected chi connectivity index (χ2v) is 5.51. The molecule has 1 N–H and O–H groups in total. The topological polar surface area (TPSA) is 37.3 Å². The van der Waals surface area contributed by atoms with Gasteiger partial charge in [0.15, 0.2) is 0 Å². The molecule has 0 aliphatic rings. The molecule has 0 fully saturated rings. The first-order valence-electron chi connectivity index (χ1n) is 5.62. The maximum atomic E-state index is 13.8. The molecule has 0 aromatic heterocycles. The molecule has 18 heavy (non-hydrogen) atoms. The second kappa shape index (κ2) is 6.18. The Labute approximate surface area is 109 Å². The van der Waals surface area contributed by atoms with E-state index in [1.165, 1.54) is 12.1 Å². The molecule has 0 spiro atoms. The van der Waals surface area contributed by atoms with Crippen molar-refractivity contribution >= 4 is 17.7 Å². The molecule has 2 nitrogen and oxygen atoms in total. The van der Waals surface area contributed by atoms with Gasteiger partial charge in [0, 0.05) is 5.56 Å². The molecule has 100 valence electrons. The van der Waals surface area contributed by atoms with E-state index in [9.17, 15) is 13.6 Å². The van der Waals surface area contributed by atoms with Gasteiger partial charge in [0.25, 0.3) is 5.92 Å². The highest BCUT2D eigenvalue weighted by Gasteiger charge is 2.34. The fourth-order valence-corrected chi connectivity index (χ4v) is 2.59. The molecule has 1 atom stereocenters. The van der Waals surface area contributed by atoms with Gasteiger partial charge in [-0.1, -0.05) is 44.2 Å². The van der Waals surface area contributed by atoms with Gasteiger partial charge in [0.2, 0.25) is 0 Å². The summed E-state index contributed by atoms with van der Waals surface area (Å²) in [6.07, 6.45) is 0. The Balaban J connectivity index is 2.69. The number of carboxylic acids is 1. The Bertz CT molecular complexity index is 393. The molecule has 0 aliphatic heterocycles. The van der Waals surface area contributed by atoms with Crippen molar-refractivity contribution in [1.82, 2.24) is 0 Å². The largest absolute Gasteiger partial charge is 0.480 e. The van der Waals surface area contributed by atoms with Gasteiger partial charge < -0.3 is 5.11 Å². The summed E-state index contributed by atoms with van der Waals surface area (Å²) in [5, 5.41) is 8.14. The number of alkyl halides is 2. The summed E-state index contributed by atoms with van der Waals surface area (Å²) >= 11 is 0.790. The minimum Gasteiger partial charge on any atom is -0.480 e. The fraction of sp³-hybridized carbons (Fsp3) is 0.462. The van der Waals surface area contributed by atoms with E-state index >= 15 is 0 Å². The zero-order valence-electron chi connectivity index (χ0n) is 10.3. The molecule has 5 heteroatoms. The van der Waals surface area contributed by atoms with E-state index in [-0.39, 0.29) is 11.5 Å². The number of thioether (sulfide) groups is 1. The maximum absolute atomic E-state index is 13.8. The highest BCUT2D eigenvalue weighted by atomic mass is 32.2. The SMILES string of the molecule is CC(C)C(SCC(F)(F)c1ccccc1)C(=O)O. The van der Waals surface area contributed by atoms with Crippen LogP contribution in [0.15, 0.2) is 30.3 Å². The molecular formula is C13H16F2O2S. The Morgan fingerprint density at radius 2 is 1.89 bits per heavy atom. The van der Waals surface area contributed by atoms with E-state index in [2.05, 4.69) is 0 Å². The Hall–Kier alpha value is -1.10. The third kappa shape index (κ3) is 3.98. The van der Waals surface area contributed by atoms with Crippen LogP contribution in [0.2, 0.25) is 0 Å². The van der Waals surface area contributed by atoms with Gasteiger partial charge in [-0.15, -0.1) is 11.8 Å². The number of rotatable bonds is 6. The van der Waals surface area contributed by atoms with Gasteiger partial charge in [-0.3, -0.25) is 4.79 Å². The van der Waals surface area contributed by atoms with Crippen LogP contribution in [0.4, 0.5) is 8.78 Å². The van der Waals surface area contributed by atoms with Crippen molar-refractivity contribution < 1.29 is 18.7 Å². The van der Waals surface area contributed by atoms with Crippen molar-refractivity contribution in [2.75, 3.05) is 5.75 Å². The maximum Gasteiger partial charge on any atom is 0.316 e. The fourth-order valence-electron chi connectivity index (χ4n) is 1.51. The minimum atomic E-state index is -3.01. The third-order valence-corrected chi connectivity index (χ3v) is 4.12. The van der Waals surface area contributed by atoms with Crippen LogP contribution < -0.4 is 0 Å². The number of hydrogen-bond donors (Lipinski definition) is 1. The first-order chi connectivity index (χ1) is 8.34. The smallest absolute Gasteiger partial charge is 0.316 e. The molecule has 1 rings (SSSR count). The lowest BCUT2D eigenvalue weighted by Gasteiger charge is -2.21. The minimum absolute atomic E-state index is 0.0783. The number of hydrogen-bond acceptors (Lipinski definition) is 2. The van der Waals surface area contributed by atoms with Gasteiger partial charge in [0.1, 0.15) is 5.25 Å². The third-order valence-electron chi connectivity index (χ3n) is 2.49. The molecule has 0 bridgehead atoms. The van der Waals surface area contributed by atoms with Gasteiger partial charge >= 0.3 is 5.97 Å². The summed E-state index contributed by atoms with van der Waals surface area (Å²) in [6, 6.07) is 7.47. The summed E-state index contributed by atoms with van der Waals surface area (Å²) in [7, 11) is 0. The van der Waals surface area contributed by atoms with Crippen molar-refractivity contribution in [1.29, 1.82) is 0 Å². The number of carbonyl (C=O) groups is 1. The second-order valence-electron chi connectivity index (χ2n) is 4.38. The van der Waals surface area contributed by atoms with Crippen molar-refractivity contribution in [3.63, 3.8) is 0 Å². The van der Waals surface area contributed by atoms with Gasteiger partial charge in [-0.2, -0.15) is 0 Å². The molecule has 1 unspecified atom stereocenters. The van der Waals surface area contributed by atoms with E-state index in [1.807, 2.05) is 0 Å². The lowest BCUT2D eigenvalue weighted by atomic mass is 10.1. The van der Waals surface area contributed by atoms with E-state index in [4.69, 9.17) is 5.11 Å². The van der Waals surface area contributed by atoms with Crippen molar-refractivity contribution in [2.24, 2.45) is 5.92 Å². The van der Waals surface area contributed by atoms with Crippen molar-refractivity contribution in [2.45, 2.75) is 25.0 Å².